The van der Waals surface area contributed by atoms with Gasteiger partial charge in [-0.25, -0.2) is 9.97 Å². The first kappa shape index (κ1) is 11.1. The van der Waals surface area contributed by atoms with Gasteiger partial charge < -0.3 is 5.11 Å². The molecule has 78 valence electrons. The van der Waals surface area contributed by atoms with Gasteiger partial charge in [-0.2, -0.15) is 0 Å². The van der Waals surface area contributed by atoms with Gasteiger partial charge >= 0.3 is 0 Å². The summed E-state index contributed by atoms with van der Waals surface area (Å²) in [7, 11) is 0. The van der Waals surface area contributed by atoms with Gasteiger partial charge in [0.25, 0.3) is 0 Å². The van der Waals surface area contributed by atoms with Crippen molar-refractivity contribution >= 4 is 0 Å². The van der Waals surface area contributed by atoms with E-state index in [0.29, 0.717) is 0 Å². The topological polar surface area (TPSA) is 46.0 Å². The number of rotatable bonds is 5. The maximum Gasteiger partial charge on any atom is 0.115 e. The molecular weight excluding hydrogens is 176 g/mol. The van der Waals surface area contributed by atoms with Crippen LogP contribution in [0.2, 0.25) is 0 Å². The number of hydrogen-bond donors (Lipinski definition) is 1. The molecule has 0 spiro atoms. The molecule has 0 aromatic carbocycles. The fraction of sp³-hybridized carbons (Fsp3) is 0.636. The molecule has 0 unspecified atom stereocenters. The van der Waals surface area contributed by atoms with Gasteiger partial charge in [0.05, 0.1) is 5.60 Å². The van der Waals surface area contributed by atoms with Crippen molar-refractivity contribution < 1.29 is 5.11 Å². The molecule has 0 aliphatic heterocycles. The van der Waals surface area contributed by atoms with Crippen molar-refractivity contribution in [3.63, 3.8) is 0 Å². The second-order valence-corrected chi connectivity index (χ2v) is 3.66. The van der Waals surface area contributed by atoms with Crippen molar-refractivity contribution in [1.29, 1.82) is 0 Å². The SMILES string of the molecule is CCCC(O)(CCC)c1cncnc1. The predicted octanol–water partition coefficient (Wildman–Crippen LogP) is 2.26. The summed E-state index contributed by atoms with van der Waals surface area (Å²) >= 11 is 0. The lowest BCUT2D eigenvalue weighted by molar-refractivity contribution is 0.0163. The summed E-state index contributed by atoms with van der Waals surface area (Å²) in [5.41, 5.74) is 0.105. The molecule has 0 fully saturated rings. The Bertz CT molecular complexity index is 255. The third-order valence-electron chi connectivity index (χ3n) is 2.43. The largest absolute Gasteiger partial charge is 0.385 e. The van der Waals surface area contributed by atoms with Crippen LogP contribution >= 0.6 is 0 Å². The monoisotopic (exact) mass is 194 g/mol. The molecule has 1 rings (SSSR count). The van der Waals surface area contributed by atoms with Crippen LogP contribution in [0, 0.1) is 0 Å². The molecule has 1 N–H and O–H groups in total. The van der Waals surface area contributed by atoms with Crippen molar-refractivity contribution in [2.24, 2.45) is 0 Å². The van der Waals surface area contributed by atoms with Gasteiger partial charge in [0.2, 0.25) is 0 Å². The van der Waals surface area contributed by atoms with E-state index in [0.717, 1.165) is 31.2 Å². The van der Waals surface area contributed by atoms with Crippen LogP contribution in [0.5, 0.6) is 0 Å². The molecule has 1 heterocycles. The van der Waals surface area contributed by atoms with Gasteiger partial charge in [-0.3, -0.25) is 0 Å². The third kappa shape index (κ3) is 2.51. The molecule has 1 aromatic rings. The first-order valence-electron chi connectivity index (χ1n) is 5.21. The highest BCUT2D eigenvalue weighted by atomic mass is 16.3. The molecule has 0 bridgehead atoms. The zero-order valence-corrected chi connectivity index (χ0v) is 8.90. The Labute approximate surface area is 85.2 Å². The molecule has 0 aliphatic carbocycles. The highest BCUT2D eigenvalue weighted by Gasteiger charge is 2.27. The molecule has 14 heavy (non-hydrogen) atoms. The Morgan fingerprint density at radius 3 is 2.07 bits per heavy atom. The summed E-state index contributed by atoms with van der Waals surface area (Å²) in [6.07, 6.45) is 8.37. The highest BCUT2D eigenvalue weighted by molar-refractivity contribution is 5.13. The van der Waals surface area contributed by atoms with Gasteiger partial charge in [-0.1, -0.05) is 26.7 Å². The quantitative estimate of drug-likeness (QED) is 0.782. The smallest absolute Gasteiger partial charge is 0.115 e. The molecule has 0 saturated heterocycles. The van der Waals surface area contributed by atoms with E-state index in [4.69, 9.17) is 0 Å². The van der Waals surface area contributed by atoms with Gasteiger partial charge in [0, 0.05) is 18.0 Å². The molecule has 0 amide bonds. The number of aliphatic hydroxyl groups is 1. The van der Waals surface area contributed by atoms with Gasteiger partial charge in [-0.05, 0) is 12.8 Å². The Balaban J connectivity index is 2.87. The standard InChI is InChI=1S/C11H18N2O/c1-3-5-11(14,6-4-2)10-7-12-9-13-8-10/h7-9,14H,3-6H2,1-2H3. The van der Waals surface area contributed by atoms with Crippen LogP contribution in [0.4, 0.5) is 0 Å². The average molecular weight is 194 g/mol. The molecule has 3 heteroatoms. The molecule has 0 radical (unpaired) electrons. The molecule has 0 aliphatic rings. The Kier molecular flexibility index (Phi) is 4.01. The number of nitrogens with zero attached hydrogens (tertiary/aromatic N) is 2. The number of hydrogen-bond acceptors (Lipinski definition) is 3. The highest BCUT2D eigenvalue weighted by Crippen LogP contribution is 2.30. The van der Waals surface area contributed by atoms with Crippen LogP contribution < -0.4 is 0 Å². The van der Waals surface area contributed by atoms with E-state index in [1.165, 1.54) is 6.33 Å². The van der Waals surface area contributed by atoms with Gasteiger partial charge in [0.1, 0.15) is 6.33 Å². The first-order valence-corrected chi connectivity index (χ1v) is 5.21. The molecule has 0 atom stereocenters. The Hall–Kier alpha value is -0.960. The van der Waals surface area contributed by atoms with Crippen LogP contribution in [0.3, 0.4) is 0 Å². The Morgan fingerprint density at radius 2 is 1.64 bits per heavy atom. The molecule has 0 saturated carbocycles. The summed E-state index contributed by atoms with van der Waals surface area (Å²) in [4.78, 5) is 7.89. The normalized spacial score (nSPS) is 11.6. The van der Waals surface area contributed by atoms with E-state index in [-0.39, 0.29) is 0 Å². The van der Waals surface area contributed by atoms with E-state index in [1.54, 1.807) is 12.4 Å². The maximum absolute atomic E-state index is 10.4. The molecule has 1 aromatic heterocycles. The van der Waals surface area contributed by atoms with Crippen LogP contribution in [0.25, 0.3) is 0 Å². The van der Waals surface area contributed by atoms with E-state index in [1.807, 2.05) is 0 Å². The van der Waals surface area contributed by atoms with E-state index < -0.39 is 5.60 Å². The predicted molar refractivity (Wildman–Crippen MR) is 55.7 cm³/mol. The zero-order chi connectivity index (χ0) is 10.4. The van der Waals surface area contributed by atoms with Crippen LogP contribution in [0.15, 0.2) is 18.7 Å². The van der Waals surface area contributed by atoms with Crippen molar-refractivity contribution in [3.8, 4) is 0 Å². The zero-order valence-electron chi connectivity index (χ0n) is 8.90. The van der Waals surface area contributed by atoms with E-state index in [2.05, 4.69) is 23.8 Å². The lowest BCUT2D eigenvalue weighted by Gasteiger charge is -2.27. The maximum atomic E-state index is 10.4. The van der Waals surface area contributed by atoms with E-state index in [9.17, 15) is 5.11 Å². The fourth-order valence-electron chi connectivity index (χ4n) is 1.78. The summed E-state index contributed by atoms with van der Waals surface area (Å²) in [5.74, 6) is 0. The summed E-state index contributed by atoms with van der Waals surface area (Å²) in [5, 5.41) is 10.4. The van der Waals surface area contributed by atoms with Gasteiger partial charge in [0.15, 0.2) is 0 Å². The fourth-order valence-corrected chi connectivity index (χ4v) is 1.78. The van der Waals surface area contributed by atoms with Crippen molar-refractivity contribution in [2.75, 3.05) is 0 Å². The van der Waals surface area contributed by atoms with Gasteiger partial charge in [-0.15, -0.1) is 0 Å². The third-order valence-corrected chi connectivity index (χ3v) is 2.43. The minimum atomic E-state index is -0.731. The van der Waals surface area contributed by atoms with Crippen LogP contribution in [-0.4, -0.2) is 15.1 Å². The minimum absolute atomic E-state index is 0.731. The summed E-state index contributed by atoms with van der Waals surface area (Å²) < 4.78 is 0. The second kappa shape index (κ2) is 5.05. The summed E-state index contributed by atoms with van der Waals surface area (Å²) in [6, 6.07) is 0. The van der Waals surface area contributed by atoms with Crippen LogP contribution in [0.1, 0.15) is 45.1 Å². The number of aromatic nitrogens is 2. The lowest BCUT2D eigenvalue weighted by atomic mass is 9.87. The van der Waals surface area contributed by atoms with Crippen molar-refractivity contribution in [1.82, 2.24) is 9.97 Å². The lowest BCUT2D eigenvalue weighted by Crippen LogP contribution is -2.25. The van der Waals surface area contributed by atoms with Crippen LogP contribution in [-0.2, 0) is 5.60 Å². The minimum Gasteiger partial charge on any atom is -0.385 e. The average Bonchev–Trinajstić information content (AvgIpc) is 2.20. The van der Waals surface area contributed by atoms with Crippen molar-refractivity contribution in [3.05, 3.63) is 24.3 Å². The molecular formula is C11H18N2O. The summed E-state index contributed by atoms with van der Waals surface area (Å²) in [6.45, 7) is 4.15. The van der Waals surface area contributed by atoms with Crippen molar-refractivity contribution in [2.45, 2.75) is 45.1 Å². The first-order chi connectivity index (χ1) is 6.73. The Morgan fingerprint density at radius 1 is 1.14 bits per heavy atom. The molecule has 3 nitrogen and oxygen atoms in total. The second-order valence-electron chi connectivity index (χ2n) is 3.66. The van der Waals surface area contributed by atoms with E-state index >= 15 is 0 Å².